The summed E-state index contributed by atoms with van der Waals surface area (Å²) in [4.78, 5) is 14.0. The topological polar surface area (TPSA) is 92.9 Å². The van der Waals surface area contributed by atoms with Gasteiger partial charge in [0, 0.05) is 32.7 Å². The van der Waals surface area contributed by atoms with Crippen molar-refractivity contribution in [2.45, 2.75) is 18.4 Å². The maximum Gasteiger partial charge on any atom is 0.327 e. The van der Waals surface area contributed by atoms with Gasteiger partial charge in [-0.05, 0) is 18.8 Å². The molecule has 1 atom stereocenters. The van der Waals surface area contributed by atoms with Crippen molar-refractivity contribution in [3.05, 3.63) is 0 Å². The Hall–Kier alpha value is -0.700. The molecule has 0 spiro atoms. The first-order chi connectivity index (χ1) is 9.27. The third-order valence-corrected chi connectivity index (χ3v) is 5.46. The highest BCUT2D eigenvalue weighted by Crippen LogP contribution is 2.39. The zero-order valence-electron chi connectivity index (χ0n) is 12.0. The SMILES string of the molecule is COC(=O)C(N)(CN1CCN(S(C)(=O)=O)CC1)C1CC1. The van der Waals surface area contributed by atoms with Gasteiger partial charge >= 0.3 is 5.97 Å². The highest BCUT2D eigenvalue weighted by Gasteiger charge is 2.50. The number of sulfonamides is 1. The molecule has 1 aliphatic carbocycles. The van der Waals surface area contributed by atoms with E-state index in [1.807, 2.05) is 0 Å². The van der Waals surface area contributed by atoms with E-state index in [1.165, 1.54) is 17.7 Å². The Morgan fingerprint density at radius 2 is 1.85 bits per heavy atom. The molecule has 0 radical (unpaired) electrons. The number of nitrogens with two attached hydrogens (primary N) is 1. The highest BCUT2D eigenvalue weighted by molar-refractivity contribution is 7.88. The van der Waals surface area contributed by atoms with Crippen LogP contribution in [0.25, 0.3) is 0 Å². The summed E-state index contributed by atoms with van der Waals surface area (Å²) in [6.45, 7) is 2.51. The molecule has 1 aliphatic heterocycles. The average molecular weight is 305 g/mol. The maximum absolute atomic E-state index is 11.9. The van der Waals surface area contributed by atoms with Crippen LogP contribution in [0.15, 0.2) is 0 Å². The molecule has 116 valence electrons. The summed E-state index contributed by atoms with van der Waals surface area (Å²) in [5.41, 5.74) is 5.30. The van der Waals surface area contributed by atoms with Crippen molar-refractivity contribution >= 4 is 16.0 Å². The summed E-state index contributed by atoms with van der Waals surface area (Å²) >= 11 is 0. The molecule has 0 bridgehead atoms. The van der Waals surface area contributed by atoms with Crippen LogP contribution < -0.4 is 5.73 Å². The van der Waals surface area contributed by atoms with Crippen molar-refractivity contribution in [3.8, 4) is 0 Å². The van der Waals surface area contributed by atoms with Crippen molar-refractivity contribution in [1.82, 2.24) is 9.21 Å². The van der Waals surface area contributed by atoms with E-state index in [4.69, 9.17) is 10.5 Å². The molecular formula is C12H23N3O4S. The molecule has 2 fully saturated rings. The molecular weight excluding hydrogens is 282 g/mol. The van der Waals surface area contributed by atoms with Crippen molar-refractivity contribution in [1.29, 1.82) is 0 Å². The van der Waals surface area contributed by atoms with Gasteiger partial charge in [-0.3, -0.25) is 9.69 Å². The van der Waals surface area contributed by atoms with E-state index < -0.39 is 15.6 Å². The van der Waals surface area contributed by atoms with Crippen LogP contribution in [0.2, 0.25) is 0 Å². The highest BCUT2D eigenvalue weighted by atomic mass is 32.2. The van der Waals surface area contributed by atoms with Gasteiger partial charge < -0.3 is 10.5 Å². The summed E-state index contributed by atoms with van der Waals surface area (Å²) < 4.78 is 29.2. The second-order valence-corrected chi connectivity index (χ2v) is 7.73. The van der Waals surface area contributed by atoms with Gasteiger partial charge in [-0.25, -0.2) is 8.42 Å². The summed E-state index contributed by atoms with van der Waals surface area (Å²) in [5, 5.41) is 0. The summed E-state index contributed by atoms with van der Waals surface area (Å²) in [6, 6.07) is 0. The Bertz CT molecular complexity index is 469. The number of nitrogens with zero attached hydrogens (tertiary/aromatic N) is 2. The smallest absolute Gasteiger partial charge is 0.327 e. The van der Waals surface area contributed by atoms with Gasteiger partial charge in [0.25, 0.3) is 0 Å². The summed E-state index contributed by atoms with van der Waals surface area (Å²) in [6.07, 6.45) is 3.12. The first kappa shape index (κ1) is 15.7. The first-order valence-electron chi connectivity index (χ1n) is 6.82. The predicted octanol–water partition coefficient (Wildman–Crippen LogP) is -1.16. The van der Waals surface area contributed by atoms with Crippen LogP contribution in [0.3, 0.4) is 0 Å². The van der Waals surface area contributed by atoms with E-state index in [9.17, 15) is 13.2 Å². The number of carbonyl (C=O) groups is 1. The molecule has 2 rings (SSSR count). The molecule has 0 aromatic carbocycles. The van der Waals surface area contributed by atoms with Gasteiger partial charge in [-0.15, -0.1) is 0 Å². The van der Waals surface area contributed by atoms with Gasteiger partial charge in [0.2, 0.25) is 10.0 Å². The molecule has 1 saturated heterocycles. The first-order valence-corrected chi connectivity index (χ1v) is 8.67. The van der Waals surface area contributed by atoms with Crippen LogP contribution in [-0.4, -0.2) is 75.2 Å². The third kappa shape index (κ3) is 3.30. The quantitative estimate of drug-likeness (QED) is 0.644. The molecule has 2 aliphatic rings. The maximum atomic E-state index is 11.9. The van der Waals surface area contributed by atoms with Crippen LogP contribution in [0.5, 0.6) is 0 Å². The van der Waals surface area contributed by atoms with Crippen LogP contribution in [0.1, 0.15) is 12.8 Å². The fourth-order valence-electron chi connectivity index (χ4n) is 2.74. The number of esters is 1. The van der Waals surface area contributed by atoms with Gasteiger partial charge in [-0.1, -0.05) is 0 Å². The fraction of sp³-hybridized carbons (Fsp3) is 0.917. The van der Waals surface area contributed by atoms with E-state index >= 15 is 0 Å². The van der Waals surface area contributed by atoms with Crippen LogP contribution in [0, 0.1) is 5.92 Å². The Morgan fingerprint density at radius 1 is 1.30 bits per heavy atom. The summed E-state index contributed by atoms with van der Waals surface area (Å²) in [7, 11) is -1.78. The molecule has 0 aromatic heterocycles. The van der Waals surface area contributed by atoms with E-state index in [0.29, 0.717) is 32.7 Å². The standard InChI is InChI=1S/C12H23N3O4S/c1-19-11(16)12(13,10-3-4-10)9-14-5-7-15(8-6-14)20(2,17)18/h10H,3-9,13H2,1-2H3. The molecule has 0 aromatic rings. The molecule has 1 saturated carbocycles. The Balaban J connectivity index is 1.95. The summed E-state index contributed by atoms with van der Waals surface area (Å²) in [5.74, 6) is -0.187. The number of methoxy groups -OCH3 is 1. The molecule has 8 heteroatoms. The van der Waals surface area contributed by atoms with Crippen LogP contribution >= 0.6 is 0 Å². The van der Waals surface area contributed by atoms with Crippen molar-refractivity contribution in [2.75, 3.05) is 46.1 Å². The predicted molar refractivity (Wildman–Crippen MR) is 74.5 cm³/mol. The molecule has 1 unspecified atom stereocenters. The van der Waals surface area contributed by atoms with Gasteiger partial charge in [-0.2, -0.15) is 4.31 Å². The van der Waals surface area contributed by atoms with Crippen molar-refractivity contribution in [3.63, 3.8) is 0 Å². The van der Waals surface area contributed by atoms with Crippen molar-refractivity contribution < 1.29 is 17.9 Å². The van der Waals surface area contributed by atoms with Crippen molar-refractivity contribution in [2.24, 2.45) is 11.7 Å². The lowest BCUT2D eigenvalue weighted by Gasteiger charge is -2.38. The molecule has 2 N–H and O–H groups in total. The lowest BCUT2D eigenvalue weighted by molar-refractivity contribution is -0.149. The van der Waals surface area contributed by atoms with E-state index in [-0.39, 0.29) is 11.9 Å². The number of piperazine rings is 1. The molecule has 7 nitrogen and oxygen atoms in total. The third-order valence-electron chi connectivity index (χ3n) is 4.16. The second-order valence-electron chi connectivity index (χ2n) is 5.74. The molecule has 0 amide bonds. The molecule has 20 heavy (non-hydrogen) atoms. The lowest BCUT2D eigenvalue weighted by Crippen LogP contribution is -2.61. The number of ether oxygens (including phenoxy) is 1. The zero-order valence-corrected chi connectivity index (χ0v) is 12.9. The Kier molecular flexibility index (Phi) is 4.38. The Labute approximate surface area is 120 Å². The zero-order chi connectivity index (χ0) is 15.0. The van der Waals surface area contributed by atoms with Crippen LogP contribution in [0.4, 0.5) is 0 Å². The minimum atomic E-state index is -3.13. The minimum Gasteiger partial charge on any atom is -0.468 e. The fourth-order valence-corrected chi connectivity index (χ4v) is 3.56. The number of carbonyl (C=O) groups excluding carboxylic acids is 1. The van der Waals surface area contributed by atoms with Crippen LogP contribution in [-0.2, 0) is 19.6 Å². The van der Waals surface area contributed by atoms with Gasteiger partial charge in [0.1, 0.15) is 5.54 Å². The number of hydrogen-bond donors (Lipinski definition) is 1. The van der Waals surface area contributed by atoms with Gasteiger partial charge in [0.15, 0.2) is 0 Å². The Morgan fingerprint density at radius 3 is 2.25 bits per heavy atom. The van der Waals surface area contributed by atoms with E-state index in [1.54, 1.807) is 0 Å². The number of rotatable bonds is 5. The van der Waals surface area contributed by atoms with E-state index in [2.05, 4.69) is 4.90 Å². The average Bonchev–Trinajstić information content (AvgIpc) is 3.21. The normalized spacial score (nSPS) is 25.1. The monoisotopic (exact) mass is 305 g/mol. The largest absolute Gasteiger partial charge is 0.468 e. The minimum absolute atomic E-state index is 0.183. The molecule has 1 heterocycles. The lowest BCUT2D eigenvalue weighted by atomic mass is 9.93. The number of hydrogen-bond acceptors (Lipinski definition) is 6. The van der Waals surface area contributed by atoms with E-state index in [0.717, 1.165) is 12.8 Å². The second kappa shape index (κ2) is 5.59. The van der Waals surface area contributed by atoms with Gasteiger partial charge in [0.05, 0.1) is 13.4 Å².